The van der Waals surface area contributed by atoms with Crippen LogP contribution in [0.5, 0.6) is 5.75 Å². The Balaban J connectivity index is 1.49. The van der Waals surface area contributed by atoms with E-state index in [0.29, 0.717) is 13.0 Å². The molecule has 0 saturated heterocycles. The van der Waals surface area contributed by atoms with Crippen molar-refractivity contribution in [1.82, 2.24) is 5.16 Å². The molecule has 0 aliphatic rings. The van der Waals surface area contributed by atoms with Gasteiger partial charge in [-0.3, -0.25) is 0 Å². The number of aliphatic hydroxyl groups is 2. The molecule has 0 saturated carbocycles. The number of ether oxygens (including phenoxy) is 1. The van der Waals surface area contributed by atoms with Crippen LogP contribution >= 0.6 is 0 Å². The Bertz CT molecular complexity index is 1230. The first-order chi connectivity index (χ1) is 15.7. The number of rotatable bonds is 9. The van der Waals surface area contributed by atoms with E-state index in [0.717, 1.165) is 69.5 Å². The second kappa shape index (κ2) is 9.57. The van der Waals surface area contributed by atoms with Crippen molar-refractivity contribution in [3.8, 4) is 5.75 Å². The summed E-state index contributed by atoms with van der Waals surface area (Å²) in [6.07, 6.45) is 2.17. The van der Waals surface area contributed by atoms with Crippen molar-refractivity contribution in [3.63, 3.8) is 0 Å². The molecule has 0 amide bonds. The zero-order valence-electron chi connectivity index (χ0n) is 19.9. The van der Waals surface area contributed by atoms with Gasteiger partial charge in [0.1, 0.15) is 17.1 Å². The van der Waals surface area contributed by atoms with Crippen LogP contribution in [0.1, 0.15) is 56.7 Å². The van der Waals surface area contributed by atoms with Crippen molar-refractivity contribution in [1.29, 1.82) is 0 Å². The molecule has 2 aromatic heterocycles. The van der Waals surface area contributed by atoms with Crippen LogP contribution in [0.4, 0.5) is 0 Å². The fourth-order valence-corrected chi connectivity index (χ4v) is 4.21. The first-order valence-electron chi connectivity index (χ1n) is 11.6. The van der Waals surface area contributed by atoms with Crippen LogP contribution < -0.4 is 4.74 Å². The third kappa shape index (κ3) is 5.57. The van der Waals surface area contributed by atoms with E-state index in [-0.39, 0.29) is 11.8 Å². The second-order valence-corrected chi connectivity index (χ2v) is 9.90. The molecule has 33 heavy (non-hydrogen) atoms. The third-order valence-corrected chi connectivity index (χ3v) is 5.63. The fraction of sp³-hybridized carbons (Fsp3) is 0.444. The van der Waals surface area contributed by atoms with Gasteiger partial charge in [-0.25, -0.2) is 0 Å². The van der Waals surface area contributed by atoms with Crippen LogP contribution in [0.15, 0.2) is 45.3 Å². The maximum Gasteiger partial charge on any atom is 0.174 e. The Labute approximate surface area is 194 Å². The van der Waals surface area contributed by atoms with Crippen molar-refractivity contribution in [2.75, 3.05) is 6.61 Å². The van der Waals surface area contributed by atoms with Gasteiger partial charge in [-0.2, -0.15) is 0 Å². The van der Waals surface area contributed by atoms with E-state index in [1.807, 2.05) is 30.3 Å². The standard InChI is InChI=1S/C27H33NO5/c1-5-6-21-24(10-8-20-22(16-27(2,3)4)28-33-26(20)21)31-12-11-19-15-18-13-17(14-25(29)30)7-9-23(18)32-19/h7-10,13,15,25,29-30H,5-6,11-12,14,16H2,1-4H3. The van der Waals surface area contributed by atoms with Gasteiger partial charge in [0.25, 0.3) is 0 Å². The molecule has 0 bridgehead atoms. The van der Waals surface area contributed by atoms with Gasteiger partial charge in [-0.15, -0.1) is 0 Å². The molecule has 2 aromatic carbocycles. The topological polar surface area (TPSA) is 88.9 Å². The van der Waals surface area contributed by atoms with Gasteiger partial charge in [0.15, 0.2) is 11.9 Å². The average molecular weight is 452 g/mol. The van der Waals surface area contributed by atoms with Crippen molar-refractivity contribution >= 4 is 21.9 Å². The predicted molar refractivity (Wildman–Crippen MR) is 129 cm³/mol. The lowest BCUT2D eigenvalue weighted by Crippen LogP contribution is -2.09. The lowest BCUT2D eigenvalue weighted by Gasteiger charge is -2.16. The summed E-state index contributed by atoms with van der Waals surface area (Å²) in [5.41, 5.74) is 4.67. The van der Waals surface area contributed by atoms with E-state index in [9.17, 15) is 10.2 Å². The van der Waals surface area contributed by atoms with Gasteiger partial charge in [0, 0.05) is 29.2 Å². The molecule has 0 fully saturated rings. The minimum Gasteiger partial charge on any atom is -0.493 e. The molecule has 4 aromatic rings. The molecule has 6 heteroatoms. The highest BCUT2D eigenvalue weighted by Crippen LogP contribution is 2.34. The summed E-state index contributed by atoms with van der Waals surface area (Å²) in [6, 6.07) is 11.7. The monoisotopic (exact) mass is 451 g/mol. The predicted octanol–water partition coefficient (Wildman–Crippen LogP) is 5.59. The van der Waals surface area contributed by atoms with Gasteiger partial charge in [-0.05, 0) is 54.2 Å². The Morgan fingerprint density at radius 2 is 1.88 bits per heavy atom. The van der Waals surface area contributed by atoms with Gasteiger partial charge >= 0.3 is 0 Å². The lowest BCUT2D eigenvalue weighted by atomic mass is 9.89. The highest BCUT2D eigenvalue weighted by atomic mass is 16.5. The van der Waals surface area contributed by atoms with E-state index in [1.54, 1.807) is 0 Å². The largest absolute Gasteiger partial charge is 0.493 e. The minimum atomic E-state index is -1.36. The molecule has 2 heterocycles. The first kappa shape index (κ1) is 23.3. The molecule has 0 aliphatic carbocycles. The molecule has 0 aliphatic heterocycles. The minimum absolute atomic E-state index is 0.134. The normalized spacial score (nSPS) is 12.3. The molecular formula is C27H33NO5. The van der Waals surface area contributed by atoms with E-state index in [1.165, 1.54) is 0 Å². The quantitative estimate of drug-likeness (QED) is 0.323. The average Bonchev–Trinajstić information content (AvgIpc) is 3.31. The lowest BCUT2D eigenvalue weighted by molar-refractivity contribution is -0.0381. The summed E-state index contributed by atoms with van der Waals surface area (Å²) in [5.74, 6) is 1.66. The summed E-state index contributed by atoms with van der Waals surface area (Å²) in [5, 5.41) is 24.8. The summed E-state index contributed by atoms with van der Waals surface area (Å²) in [7, 11) is 0. The maximum atomic E-state index is 9.19. The second-order valence-electron chi connectivity index (χ2n) is 9.90. The number of aliphatic hydroxyl groups excluding tert-OH is 1. The van der Waals surface area contributed by atoms with Crippen LogP contribution in [-0.2, 0) is 25.7 Å². The summed E-state index contributed by atoms with van der Waals surface area (Å²) >= 11 is 0. The van der Waals surface area contributed by atoms with Crippen LogP contribution in [0.2, 0.25) is 0 Å². The zero-order chi connectivity index (χ0) is 23.6. The molecule has 0 radical (unpaired) electrons. The first-order valence-corrected chi connectivity index (χ1v) is 11.6. The number of hydrogen-bond donors (Lipinski definition) is 2. The van der Waals surface area contributed by atoms with Crippen LogP contribution in [-0.4, -0.2) is 28.3 Å². The van der Waals surface area contributed by atoms with Crippen LogP contribution in [0, 0.1) is 5.41 Å². The van der Waals surface area contributed by atoms with Crippen molar-refractivity contribution < 1.29 is 23.9 Å². The van der Waals surface area contributed by atoms with Gasteiger partial charge in [0.2, 0.25) is 0 Å². The molecule has 4 rings (SSSR count). The van der Waals surface area contributed by atoms with E-state index in [4.69, 9.17) is 13.7 Å². The van der Waals surface area contributed by atoms with E-state index >= 15 is 0 Å². The van der Waals surface area contributed by atoms with Gasteiger partial charge in [-0.1, -0.05) is 45.3 Å². The number of aromatic nitrogens is 1. The van der Waals surface area contributed by atoms with E-state index in [2.05, 4.69) is 38.9 Å². The number of fused-ring (bicyclic) bond motifs is 2. The molecule has 176 valence electrons. The Morgan fingerprint density at radius 3 is 2.61 bits per heavy atom. The zero-order valence-corrected chi connectivity index (χ0v) is 19.9. The number of benzene rings is 2. The third-order valence-electron chi connectivity index (χ3n) is 5.63. The summed E-state index contributed by atoms with van der Waals surface area (Å²) in [4.78, 5) is 0. The Hall–Kier alpha value is -2.83. The Kier molecular flexibility index (Phi) is 6.77. The molecule has 0 atom stereocenters. The highest BCUT2D eigenvalue weighted by molar-refractivity contribution is 5.84. The molecular weight excluding hydrogens is 418 g/mol. The molecule has 2 N–H and O–H groups in total. The number of aryl methyl sites for hydroxylation is 1. The SMILES string of the molecule is CCCc1c(OCCc2cc3cc(CC(O)O)ccc3o2)ccc2c(CC(C)(C)C)noc12. The van der Waals surface area contributed by atoms with Crippen molar-refractivity contribution in [2.45, 2.75) is 66.1 Å². The van der Waals surface area contributed by atoms with Gasteiger partial charge < -0.3 is 23.9 Å². The highest BCUT2D eigenvalue weighted by Gasteiger charge is 2.20. The fourth-order valence-electron chi connectivity index (χ4n) is 4.21. The summed E-state index contributed by atoms with van der Waals surface area (Å²) in [6.45, 7) is 9.23. The number of hydrogen-bond acceptors (Lipinski definition) is 6. The van der Waals surface area contributed by atoms with Crippen LogP contribution in [0.25, 0.3) is 21.9 Å². The Morgan fingerprint density at radius 1 is 1.06 bits per heavy atom. The summed E-state index contributed by atoms with van der Waals surface area (Å²) < 4.78 is 17.9. The van der Waals surface area contributed by atoms with E-state index < -0.39 is 6.29 Å². The smallest absolute Gasteiger partial charge is 0.174 e. The van der Waals surface area contributed by atoms with Gasteiger partial charge in [0.05, 0.1) is 12.3 Å². The molecule has 0 spiro atoms. The van der Waals surface area contributed by atoms with Crippen LogP contribution in [0.3, 0.4) is 0 Å². The van der Waals surface area contributed by atoms with Crippen molar-refractivity contribution in [3.05, 3.63) is 59.0 Å². The maximum absolute atomic E-state index is 9.19. The van der Waals surface area contributed by atoms with Crippen molar-refractivity contribution in [2.24, 2.45) is 5.41 Å². The molecule has 6 nitrogen and oxygen atoms in total. The number of furan rings is 1. The molecule has 0 unspecified atom stereocenters. The number of nitrogens with zero attached hydrogens (tertiary/aromatic N) is 1.